The number of hydrogen-bond donors (Lipinski definition) is 0. The van der Waals surface area contributed by atoms with E-state index in [2.05, 4.69) is 24.8 Å². The Bertz CT molecular complexity index is 403. The summed E-state index contributed by atoms with van der Waals surface area (Å²) in [6.07, 6.45) is 1.29. The molecular formula is C15H21NO. The summed E-state index contributed by atoms with van der Waals surface area (Å²) in [6.45, 7) is 8.36. The molecule has 0 aliphatic carbocycles. The van der Waals surface area contributed by atoms with E-state index in [0.29, 0.717) is 11.8 Å². The van der Waals surface area contributed by atoms with Crippen LogP contribution in [0.5, 0.6) is 0 Å². The summed E-state index contributed by atoms with van der Waals surface area (Å²) in [4.78, 5) is 14.0. The van der Waals surface area contributed by atoms with Crippen molar-refractivity contribution >= 4 is 11.5 Å². The Kier molecular flexibility index (Phi) is 3.51. The molecule has 0 saturated carbocycles. The SMILES string of the molecule is CC(=O)c1ccccc1N1CC(C)CC(C)C1. The zero-order valence-corrected chi connectivity index (χ0v) is 10.9. The quantitative estimate of drug-likeness (QED) is 0.727. The van der Waals surface area contributed by atoms with Crippen LogP contribution in [0.25, 0.3) is 0 Å². The van der Waals surface area contributed by atoms with Crippen LogP contribution in [0.15, 0.2) is 24.3 Å². The molecule has 17 heavy (non-hydrogen) atoms. The molecule has 0 aromatic heterocycles. The molecule has 92 valence electrons. The molecule has 2 unspecified atom stereocenters. The normalized spacial score (nSPS) is 24.8. The highest BCUT2D eigenvalue weighted by molar-refractivity contribution is 5.99. The van der Waals surface area contributed by atoms with Gasteiger partial charge in [0.25, 0.3) is 0 Å². The molecule has 1 heterocycles. The van der Waals surface area contributed by atoms with E-state index in [4.69, 9.17) is 0 Å². The van der Waals surface area contributed by atoms with Crippen LogP contribution in [-0.2, 0) is 0 Å². The van der Waals surface area contributed by atoms with Gasteiger partial charge in [-0.1, -0.05) is 26.0 Å². The third-order valence-corrected chi connectivity index (χ3v) is 3.49. The van der Waals surface area contributed by atoms with E-state index in [-0.39, 0.29) is 5.78 Å². The molecule has 1 saturated heterocycles. The molecular weight excluding hydrogens is 210 g/mol. The van der Waals surface area contributed by atoms with Crippen LogP contribution >= 0.6 is 0 Å². The van der Waals surface area contributed by atoms with Crippen LogP contribution < -0.4 is 4.90 Å². The van der Waals surface area contributed by atoms with Crippen molar-refractivity contribution in [2.75, 3.05) is 18.0 Å². The molecule has 2 atom stereocenters. The predicted octanol–water partition coefficient (Wildman–Crippen LogP) is 3.37. The van der Waals surface area contributed by atoms with Crippen molar-refractivity contribution in [3.05, 3.63) is 29.8 Å². The van der Waals surface area contributed by atoms with E-state index in [1.165, 1.54) is 6.42 Å². The lowest BCUT2D eigenvalue weighted by Gasteiger charge is -2.37. The van der Waals surface area contributed by atoms with Gasteiger partial charge in [-0.15, -0.1) is 0 Å². The third-order valence-electron chi connectivity index (χ3n) is 3.49. The van der Waals surface area contributed by atoms with Crippen LogP contribution in [0.2, 0.25) is 0 Å². The molecule has 1 fully saturated rings. The van der Waals surface area contributed by atoms with Gasteiger partial charge in [0.1, 0.15) is 0 Å². The number of benzene rings is 1. The Morgan fingerprint density at radius 3 is 2.35 bits per heavy atom. The zero-order chi connectivity index (χ0) is 12.4. The third kappa shape index (κ3) is 2.68. The van der Waals surface area contributed by atoms with E-state index in [0.717, 1.165) is 24.3 Å². The van der Waals surface area contributed by atoms with Crippen molar-refractivity contribution in [3.8, 4) is 0 Å². The average Bonchev–Trinajstić information content (AvgIpc) is 2.27. The highest BCUT2D eigenvalue weighted by Gasteiger charge is 2.23. The minimum absolute atomic E-state index is 0.159. The number of piperidine rings is 1. The van der Waals surface area contributed by atoms with Gasteiger partial charge in [0.2, 0.25) is 0 Å². The molecule has 1 aliphatic rings. The van der Waals surface area contributed by atoms with Crippen molar-refractivity contribution in [2.45, 2.75) is 27.2 Å². The predicted molar refractivity (Wildman–Crippen MR) is 71.6 cm³/mol. The van der Waals surface area contributed by atoms with Gasteiger partial charge in [0.15, 0.2) is 5.78 Å². The van der Waals surface area contributed by atoms with Crippen molar-refractivity contribution in [1.82, 2.24) is 0 Å². The number of rotatable bonds is 2. The Hall–Kier alpha value is -1.31. The van der Waals surface area contributed by atoms with Gasteiger partial charge in [-0.25, -0.2) is 0 Å². The fourth-order valence-electron chi connectivity index (χ4n) is 2.91. The summed E-state index contributed by atoms with van der Waals surface area (Å²) in [5, 5.41) is 0. The lowest BCUT2D eigenvalue weighted by molar-refractivity contribution is 0.101. The first-order valence-corrected chi connectivity index (χ1v) is 6.43. The Morgan fingerprint density at radius 1 is 1.18 bits per heavy atom. The molecule has 0 spiro atoms. The first-order valence-electron chi connectivity index (χ1n) is 6.43. The Balaban J connectivity index is 2.30. The monoisotopic (exact) mass is 231 g/mol. The number of carbonyl (C=O) groups excluding carboxylic acids is 1. The zero-order valence-electron chi connectivity index (χ0n) is 10.9. The maximum absolute atomic E-state index is 11.6. The average molecular weight is 231 g/mol. The second-order valence-corrected chi connectivity index (χ2v) is 5.42. The molecule has 1 aliphatic heterocycles. The number of ketones is 1. The maximum atomic E-state index is 11.6. The van der Waals surface area contributed by atoms with Gasteiger partial charge in [0.05, 0.1) is 0 Å². The highest BCUT2D eigenvalue weighted by atomic mass is 16.1. The van der Waals surface area contributed by atoms with Crippen molar-refractivity contribution in [3.63, 3.8) is 0 Å². The molecule has 0 amide bonds. The molecule has 1 aromatic carbocycles. The van der Waals surface area contributed by atoms with Gasteiger partial charge in [-0.3, -0.25) is 4.79 Å². The van der Waals surface area contributed by atoms with Gasteiger partial charge in [0, 0.05) is 24.3 Å². The van der Waals surface area contributed by atoms with Crippen molar-refractivity contribution in [2.24, 2.45) is 11.8 Å². The number of nitrogens with zero attached hydrogens (tertiary/aromatic N) is 1. The lowest BCUT2D eigenvalue weighted by Crippen LogP contribution is -2.39. The van der Waals surface area contributed by atoms with Gasteiger partial charge in [-0.05, 0) is 37.3 Å². The molecule has 2 heteroatoms. The van der Waals surface area contributed by atoms with E-state index in [9.17, 15) is 4.79 Å². The fourth-order valence-corrected chi connectivity index (χ4v) is 2.91. The van der Waals surface area contributed by atoms with E-state index in [1.54, 1.807) is 6.92 Å². The molecule has 0 radical (unpaired) electrons. The first-order chi connectivity index (χ1) is 8.08. The summed E-state index contributed by atoms with van der Waals surface area (Å²) in [5.74, 6) is 1.57. The standard InChI is InChI=1S/C15H21NO/c1-11-8-12(2)10-16(9-11)15-7-5-4-6-14(15)13(3)17/h4-7,11-12H,8-10H2,1-3H3. The minimum Gasteiger partial charge on any atom is -0.370 e. The number of para-hydroxylation sites is 1. The molecule has 0 N–H and O–H groups in total. The number of Topliss-reactive ketones (excluding diaryl/α,β-unsaturated/α-hetero) is 1. The van der Waals surface area contributed by atoms with Gasteiger partial charge < -0.3 is 4.90 Å². The van der Waals surface area contributed by atoms with Crippen LogP contribution in [0.4, 0.5) is 5.69 Å². The second-order valence-electron chi connectivity index (χ2n) is 5.42. The number of anilines is 1. The van der Waals surface area contributed by atoms with Gasteiger partial charge >= 0.3 is 0 Å². The first kappa shape index (κ1) is 12.2. The van der Waals surface area contributed by atoms with Crippen LogP contribution in [0.1, 0.15) is 37.6 Å². The van der Waals surface area contributed by atoms with Gasteiger partial charge in [-0.2, -0.15) is 0 Å². The molecule has 2 rings (SSSR count). The molecule has 1 aromatic rings. The summed E-state index contributed by atoms with van der Waals surface area (Å²) >= 11 is 0. The van der Waals surface area contributed by atoms with Crippen LogP contribution in [-0.4, -0.2) is 18.9 Å². The molecule has 2 nitrogen and oxygen atoms in total. The minimum atomic E-state index is 0.159. The maximum Gasteiger partial charge on any atom is 0.161 e. The Morgan fingerprint density at radius 2 is 1.76 bits per heavy atom. The topological polar surface area (TPSA) is 20.3 Å². The summed E-state index contributed by atoms with van der Waals surface area (Å²) in [6, 6.07) is 7.96. The van der Waals surface area contributed by atoms with Crippen LogP contribution in [0, 0.1) is 11.8 Å². The lowest BCUT2D eigenvalue weighted by atomic mass is 9.91. The van der Waals surface area contributed by atoms with E-state index < -0.39 is 0 Å². The van der Waals surface area contributed by atoms with Crippen molar-refractivity contribution < 1.29 is 4.79 Å². The fraction of sp³-hybridized carbons (Fsp3) is 0.533. The highest BCUT2D eigenvalue weighted by Crippen LogP contribution is 2.28. The number of carbonyl (C=O) groups is 1. The summed E-state index contributed by atoms with van der Waals surface area (Å²) in [7, 11) is 0. The summed E-state index contributed by atoms with van der Waals surface area (Å²) in [5.41, 5.74) is 1.97. The molecule has 0 bridgehead atoms. The van der Waals surface area contributed by atoms with E-state index in [1.807, 2.05) is 18.2 Å². The van der Waals surface area contributed by atoms with Crippen LogP contribution in [0.3, 0.4) is 0 Å². The smallest absolute Gasteiger partial charge is 0.161 e. The second kappa shape index (κ2) is 4.91. The summed E-state index contributed by atoms with van der Waals surface area (Å²) < 4.78 is 0. The van der Waals surface area contributed by atoms with E-state index >= 15 is 0 Å². The largest absolute Gasteiger partial charge is 0.370 e. The number of hydrogen-bond acceptors (Lipinski definition) is 2. The van der Waals surface area contributed by atoms with Crippen molar-refractivity contribution in [1.29, 1.82) is 0 Å². The Labute approximate surface area is 104 Å².